The normalized spacial score (nSPS) is 26.6. The van der Waals surface area contributed by atoms with Gasteiger partial charge in [0.2, 0.25) is 11.8 Å². The summed E-state index contributed by atoms with van der Waals surface area (Å²) in [6, 6.07) is -0.334. The summed E-state index contributed by atoms with van der Waals surface area (Å²) < 4.78 is 0. The summed E-state index contributed by atoms with van der Waals surface area (Å²) in [5, 5.41) is 2.92. The number of nitrogens with zero attached hydrogens (tertiary/aromatic N) is 1. The number of carbonyl (C=O) groups excluding carboxylic acids is 2. The predicted molar refractivity (Wildman–Crippen MR) is 74.7 cm³/mol. The second-order valence-corrected chi connectivity index (χ2v) is 5.59. The monoisotopic (exact) mass is 284 g/mol. The van der Waals surface area contributed by atoms with Crippen molar-refractivity contribution >= 4 is 23.4 Å². The number of hydrogen-bond acceptors (Lipinski definition) is 2. The van der Waals surface area contributed by atoms with E-state index in [0.29, 0.717) is 25.4 Å². The zero-order valence-corrected chi connectivity index (χ0v) is 11.9. The summed E-state index contributed by atoms with van der Waals surface area (Å²) in [7, 11) is 0. The van der Waals surface area contributed by atoms with Gasteiger partial charge in [-0.05, 0) is 18.8 Å². The van der Waals surface area contributed by atoms with Crippen LogP contribution in [0.4, 0.5) is 0 Å². The number of nitrogens with one attached hydrogen (secondary N) is 1. The zero-order chi connectivity index (χ0) is 13.7. The maximum Gasteiger partial charge on any atom is 0.245 e. The lowest BCUT2D eigenvalue weighted by Crippen LogP contribution is -2.49. The molecular weight excluding hydrogens is 264 g/mol. The van der Waals surface area contributed by atoms with E-state index in [1.54, 1.807) is 11.0 Å². The van der Waals surface area contributed by atoms with Crippen LogP contribution in [0.3, 0.4) is 0 Å². The van der Waals surface area contributed by atoms with Crippen LogP contribution in [-0.4, -0.2) is 35.8 Å². The minimum absolute atomic E-state index is 0.0127. The van der Waals surface area contributed by atoms with Gasteiger partial charge in [0.25, 0.3) is 0 Å². The lowest BCUT2D eigenvalue weighted by atomic mass is 9.83. The van der Waals surface area contributed by atoms with Gasteiger partial charge in [-0.3, -0.25) is 9.59 Å². The second-order valence-electron chi connectivity index (χ2n) is 5.34. The Morgan fingerprint density at radius 3 is 2.68 bits per heavy atom. The van der Waals surface area contributed by atoms with Gasteiger partial charge in [-0.25, -0.2) is 0 Å². The number of carbonyl (C=O) groups is 2. The average Bonchev–Trinajstić information content (AvgIpc) is 2.58. The smallest absolute Gasteiger partial charge is 0.245 e. The Balaban J connectivity index is 2.09. The molecule has 106 valence electrons. The summed E-state index contributed by atoms with van der Waals surface area (Å²) in [4.78, 5) is 26.0. The van der Waals surface area contributed by atoms with Gasteiger partial charge in [-0.15, -0.1) is 0 Å². The molecule has 4 nitrogen and oxygen atoms in total. The van der Waals surface area contributed by atoms with Crippen LogP contribution in [0.1, 0.15) is 38.5 Å². The number of rotatable bonds is 3. The van der Waals surface area contributed by atoms with Crippen molar-refractivity contribution in [2.45, 2.75) is 44.6 Å². The van der Waals surface area contributed by atoms with Gasteiger partial charge < -0.3 is 10.2 Å². The van der Waals surface area contributed by atoms with E-state index in [1.807, 2.05) is 0 Å². The number of hydrogen-bond donors (Lipinski definition) is 1. The fourth-order valence-corrected chi connectivity index (χ4v) is 3.07. The van der Waals surface area contributed by atoms with Crippen molar-refractivity contribution in [1.29, 1.82) is 0 Å². The van der Waals surface area contributed by atoms with E-state index in [2.05, 4.69) is 5.32 Å². The molecule has 0 aromatic heterocycles. The molecule has 1 aliphatic carbocycles. The van der Waals surface area contributed by atoms with E-state index in [0.717, 1.165) is 25.7 Å². The van der Waals surface area contributed by atoms with Crippen LogP contribution >= 0.6 is 11.6 Å². The summed E-state index contributed by atoms with van der Waals surface area (Å²) in [6.45, 7) is 0.968. The molecule has 0 bridgehead atoms. The molecule has 2 amide bonds. The second kappa shape index (κ2) is 6.94. The third-order valence-corrected chi connectivity index (χ3v) is 4.22. The van der Waals surface area contributed by atoms with E-state index >= 15 is 0 Å². The Kier molecular flexibility index (Phi) is 5.25. The van der Waals surface area contributed by atoms with Gasteiger partial charge in [-0.2, -0.15) is 0 Å². The Morgan fingerprint density at radius 2 is 2.00 bits per heavy atom. The molecule has 1 saturated carbocycles. The van der Waals surface area contributed by atoms with E-state index in [9.17, 15) is 9.59 Å². The molecule has 2 rings (SSSR count). The van der Waals surface area contributed by atoms with Crippen molar-refractivity contribution in [3.63, 3.8) is 0 Å². The van der Waals surface area contributed by atoms with Gasteiger partial charge >= 0.3 is 0 Å². The third kappa shape index (κ3) is 3.72. The lowest BCUT2D eigenvalue weighted by molar-refractivity contribution is -0.135. The molecule has 2 aliphatic rings. The van der Waals surface area contributed by atoms with Gasteiger partial charge in [-0.1, -0.05) is 36.9 Å². The van der Waals surface area contributed by atoms with Crippen molar-refractivity contribution in [2.24, 2.45) is 5.92 Å². The molecule has 1 unspecified atom stereocenters. The zero-order valence-electron chi connectivity index (χ0n) is 11.1. The van der Waals surface area contributed by atoms with Gasteiger partial charge in [0.05, 0.1) is 0 Å². The maximum absolute atomic E-state index is 12.5. The van der Waals surface area contributed by atoms with Crippen molar-refractivity contribution in [3.05, 3.63) is 11.6 Å². The first-order valence-electron chi connectivity index (χ1n) is 7.05. The summed E-state index contributed by atoms with van der Waals surface area (Å²) >= 11 is 5.52. The minimum Gasteiger partial charge on any atom is -0.344 e. The Morgan fingerprint density at radius 1 is 1.26 bits per heavy atom. The molecule has 0 aromatic carbocycles. The highest BCUT2D eigenvalue weighted by molar-refractivity contribution is 6.25. The van der Waals surface area contributed by atoms with Crippen molar-refractivity contribution in [2.75, 3.05) is 13.1 Å². The van der Waals surface area contributed by atoms with Crippen LogP contribution < -0.4 is 5.32 Å². The molecular formula is C14H21ClN2O2. The lowest BCUT2D eigenvalue weighted by Gasteiger charge is -2.31. The molecule has 0 spiro atoms. The minimum atomic E-state index is -0.334. The highest BCUT2D eigenvalue weighted by Gasteiger charge is 2.35. The van der Waals surface area contributed by atoms with Crippen LogP contribution in [0, 0.1) is 5.92 Å². The quantitative estimate of drug-likeness (QED) is 0.862. The molecule has 1 aliphatic heterocycles. The molecule has 1 atom stereocenters. The molecule has 1 heterocycles. The fraction of sp³-hybridized carbons (Fsp3) is 0.714. The molecule has 19 heavy (non-hydrogen) atoms. The molecule has 5 heteroatoms. The molecule has 0 radical (unpaired) electrons. The highest BCUT2D eigenvalue weighted by atomic mass is 35.5. The largest absolute Gasteiger partial charge is 0.344 e. The van der Waals surface area contributed by atoms with E-state index in [4.69, 9.17) is 11.6 Å². The van der Waals surface area contributed by atoms with Gasteiger partial charge in [0.1, 0.15) is 6.04 Å². The Hall–Kier alpha value is -1.03. The molecule has 0 aromatic rings. The van der Waals surface area contributed by atoms with Crippen LogP contribution in [0.15, 0.2) is 11.6 Å². The van der Waals surface area contributed by atoms with Crippen LogP contribution in [0.25, 0.3) is 0 Å². The molecule has 1 N–H and O–H groups in total. The van der Waals surface area contributed by atoms with Gasteiger partial charge in [0, 0.05) is 25.0 Å². The summed E-state index contributed by atoms with van der Waals surface area (Å²) in [6.07, 6.45) is 7.76. The Bertz CT molecular complexity index is 364. The van der Waals surface area contributed by atoms with E-state index in [-0.39, 0.29) is 17.9 Å². The first kappa shape index (κ1) is 14.4. The van der Waals surface area contributed by atoms with Crippen LogP contribution in [0.5, 0.6) is 0 Å². The van der Waals surface area contributed by atoms with Crippen molar-refractivity contribution in [3.8, 4) is 0 Å². The SMILES string of the molecule is O=C1CCN(C/C=C/Cl)C(=O)C(C2CCCCC2)N1. The summed E-state index contributed by atoms with van der Waals surface area (Å²) in [5.74, 6) is 0.333. The van der Waals surface area contributed by atoms with E-state index in [1.165, 1.54) is 12.0 Å². The first-order chi connectivity index (χ1) is 9.22. The third-order valence-electron chi connectivity index (χ3n) is 4.04. The fourth-order valence-electron chi connectivity index (χ4n) is 2.99. The number of amides is 2. The summed E-state index contributed by atoms with van der Waals surface area (Å²) in [5.41, 5.74) is 1.42. The first-order valence-corrected chi connectivity index (χ1v) is 7.49. The van der Waals surface area contributed by atoms with Crippen molar-refractivity contribution in [1.82, 2.24) is 10.2 Å². The average molecular weight is 285 g/mol. The maximum atomic E-state index is 12.5. The molecule has 2 fully saturated rings. The highest BCUT2D eigenvalue weighted by Crippen LogP contribution is 2.28. The topological polar surface area (TPSA) is 49.4 Å². The predicted octanol–water partition coefficient (Wildman–Crippen LogP) is 2.04. The molecule has 1 saturated heterocycles. The number of halogens is 1. The van der Waals surface area contributed by atoms with Crippen molar-refractivity contribution < 1.29 is 9.59 Å². The van der Waals surface area contributed by atoms with Crippen LogP contribution in [0.2, 0.25) is 0 Å². The van der Waals surface area contributed by atoms with Gasteiger partial charge in [0.15, 0.2) is 0 Å². The standard InChI is InChI=1S/C14H21ClN2O2/c15-8-4-9-17-10-7-12(18)16-13(14(17)19)11-5-2-1-3-6-11/h4,8,11,13H,1-3,5-7,9-10H2,(H,16,18)/b8-4+. The Labute approximate surface area is 119 Å². The van der Waals surface area contributed by atoms with Crippen LogP contribution in [-0.2, 0) is 9.59 Å². The van der Waals surface area contributed by atoms with E-state index < -0.39 is 0 Å².